The summed E-state index contributed by atoms with van der Waals surface area (Å²) in [6, 6.07) is 26.8. The Bertz CT molecular complexity index is 1570. The predicted molar refractivity (Wildman–Crippen MR) is 150 cm³/mol. The van der Waals surface area contributed by atoms with Crippen molar-refractivity contribution in [3.05, 3.63) is 119 Å². The molecule has 0 spiro atoms. The molecule has 6 rings (SSSR count). The number of nitrogens with zero attached hydrogens (tertiary/aromatic N) is 3. The van der Waals surface area contributed by atoms with Gasteiger partial charge in [-0.25, -0.2) is 0 Å². The fraction of sp³-hybridized carbons (Fsp3) is 0.188. The van der Waals surface area contributed by atoms with E-state index in [1.165, 1.54) is 17.0 Å². The zero-order chi connectivity index (χ0) is 28.7. The maximum absolute atomic E-state index is 13.3. The second-order valence-corrected chi connectivity index (χ2v) is 10.0. The van der Waals surface area contributed by atoms with Crippen LogP contribution < -0.4 is 14.5 Å². The Kier molecular flexibility index (Phi) is 6.65. The van der Waals surface area contributed by atoms with E-state index in [0.29, 0.717) is 29.9 Å². The average Bonchev–Trinajstić information content (AvgIpc) is 3.23. The minimum absolute atomic E-state index is 0.105. The number of ether oxygens (including phenoxy) is 1. The lowest BCUT2D eigenvalue weighted by Gasteiger charge is -2.45. The van der Waals surface area contributed by atoms with Crippen LogP contribution in [0.3, 0.4) is 0 Å². The largest absolute Gasteiger partial charge is 0.497 e. The summed E-state index contributed by atoms with van der Waals surface area (Å²) < 4.78 is 45.2. The van der Waals surface area contributed by atoms with E-state index >= 15 is 0 Å². The molecule has 0 N–H and O–H groups in total. The lowest BCUT2D eigenvalue weighted by atomic mass is 10.0. The van der Waals surface area contributed by atoms with Crippen molar-refractivity contribution >= 4 is 28.9 Å². The number of halogens is 3. The van der Waals surface area contributed by atoms with Gasteiger partial charge in [-0.15, -0.1) is 0 Å². The third-order valence-corrected chi connectivity index (χ3v) is 7.61. The Morgan fingerprint density at radius 1 is 0.780 bits per heavy atom. The molecule has 0 bridgehead atoms. The number of imide groups is 1. The number of rotatable bonds is 6. The molecular formula is C32H26F3N3O3. The zero-order valence-corrected chi connectivity index (χ0v) is 22.1. The Balaban J connectivity index is 1.39. The van der Waals surface area contributed by atoms with Gasteiger partial charge in [0.25, 0.3) is 11.8 Å². The van der Waals surface area contributed by atoms with E-state index in [4.69, 9.17) is 4.74 Å². The van der Waals surface area contributed by atoms with Crippen LogP contribution in [-0.2, 0) is 12.7 Å². The Hall–Kier alpha value is -4.79. The minimum atomic E-state index is -4.44. The van der Waals surface area contributed by atoms with E-state index < -0.39 is 11.7 Å². The number of amides is 2. The summed E-state index contributed by atoms with van der Waals surface area (Å²) in [7, 11) is 1.60. The summed E-state index contributed by atoms with van der Waals surface area (Å²) in [6.07, 6.45) is -4.44. The van der Waals surface area contributed by atoms with Crippen LogP contribution in [0.25, 0.3) is 0 Å². The summed E-state index contributed by atoms with van der Waals surface area (Å²) in [5.74, 6) is 0.0220. The summed E-state index contributed by atoms with van der Waals surface area (Å²) in [5, 5.41) is 0. The quantitative estimate of drug-likeness (QED) is 0.252. The Morgan fingerprint density at radius 3 is 1.95 bits per heavy atom. The monoisotopic (exact) mass is 557 g/mol. The molecule has 9 heteroatoms. The van der Waals surface area contributed by atoms with E-state index in [0.717, 1.165) is 34.8 Å². The molecule has 0 radical (unpaired) electrons. The van der Waals surface area contributed by atoms with E-state index in [2.05, 4.69) is 4.90 Å². The van der Waals surface area contributed by atoms with E-state index in [1.807, 2.05) is 53.4 Å². The highest BCUT2D eigenvalue weighted by Crippen LogP contribution is 2.42. The maximum atomic E-state index is 13.3. The molecule has 0 aliphatic carbocycles. The number of carbonyl (C=O) groups excluding carboxylic acids is 2. The van der Waals surface area contributed by atoms with Crippen LogP contribution in [0.15, 0.2) is 97.1 Å². The van der Waals surface area contributed by atoms with Crippen LogP contribution in [0, 0.1) is 0 Å². The molecule has 6 nitrogen and oxygen atoms in total. The number of hydrogen-bond donors (Lipinski definition) is 0. The normalized spacial score (nSPS) is 16.6. The van der Waals surface area contributed by atoms with Gasteiger partial charge in [0.2, 0.25) is 0 Å². The summed E-state index contributed by atoms with van der Waals surface area (Å²) in [4.78, 5) is 32.0. The molecule has 2 aliphatic heterocycles. The van der Waals surface area contributed by atoms with Crippen molar-refractivity contribution in [2.75, 3.05) is 30.0 Å². The highest BCUT2D eigenvalue weighted by atomic mass is 19.4. The predicted octanol–water partition coefficient (Wildman–Crippen LogP) is 6.54. The molecule has 4 aromatic carbocycles. The third-order valence-electron chi connectivity index (χ3n) is 7.61. The second kappa shape index (κ2) is 10.3. The van der Waals surface area contributed by atoms with Gasteiger partial charge >= 0.3 is 6.18 Å². The van der Waals surface area contributed by atoms with Gasteiger partial charge in [-0.2, -0.15) is 13.2 Å². The van der Waals surface area contributed by atoms with E-state index in [-0.39, 0.29) is 24.4 Å². The smallest absolute Gasteiger partial charge is 0.416 e. The van der Waals surface area contributed by atoms with Gasteiger partial charge in [0.1, 0.15) is 5.75 Å². The highest BCUT2D eigenvalue weighted by Gasteiger charge is 2.40. The Morgan fingerprint density at radius 2 is 1.37 bits per heavy atom. The van der Waals surface area contributed by atoms with E-state index in [9.17, 15) is 22.8 Å². The van der Waals surface area contributed by atoms with Crippen molar-refractivity contribution in [1.82, 2.24) is 4.90 Å². The molecule has 4 aromatic rings. The number of anilines is 3. The first-order valence-electron chi connectivity index (χ1n) is 13.1. The summed E-state index contributed by atoms with van der Waals surface area (Å²) in [6.45, 7) is 0.926. The lowest BCUT2D eigenvalue weighted by Crippen LogP contribution is -2.53. The van der Waals surface area contributed by atoms with Crippen LogP contribution in [0.2, 0.25) is 0 Å². The lowest BCUT2D eigenvalue weighted by molar-refractivity contribution is -0.137. The number of hydrogen-bond acceptors (Lipinski definition) is 5. The fourth-order valence-corrected chi connectivity index (χ4v) is 5.53. The highest BCUT2D eigenvalue weighted by molar-refractivity contribution is 6.21. The molecule has 0 saturated heterocycles. The maximum Gasteiger partial charge on any atom is 0.416 e. The van der Waals surface area contributed by atoms with Crippen LogP contribution >= 0.6 is 0 Å². The fourth-order valence-electron chi connectivity index (χ4n) is 5.53. The molecule has 0 fully saturated rings. The second-order valence-electron chi connectivity index (χ2n) is 10.0. The van der Waals surface area contributed by atoms with Gasteiger partial charge in [-0.05, 0) is 66.2 Å². The molecule has 41 heavy (non-hydrogen) atoms. The number of methoxy groups -OCH3 is 1. The number of carbonyl (C=O) groups is 2. The van der Waals surface area contributed by atoms with Gasteiger partial charge < -0.3 is 14.5 Å². The van der Waals surface area contributed by atoms with Crippen molar-refractivity contribution in [3.63, 3.8) is 0 Å². The molecule has 0 aromatic heterocycles. The van der Waals surface area contributed by atoms with Crippen LogP contribution in [0.5, 0.6) is 5.75 Å². The summed E-state index contributed by atoms with van der Waals surface area (Å²) >= 11 is 0. The number of benzene rings is 4. The summed E-state index contributed by atoms with van der Waals surface area (Å²) in [5.41, 5.74) is 3.26. The van der Waals surface area contributed by atoms with Crippen LogP contribution in [0.1, 0.15) is 31.8 Å². The van der Waals surface area contributed by atoms with Gasteiger partial charge in [0, 0.05) is 18.8 Å². The Labute approximate surface area is 235 Å². The molecular weight excluding hydrogens is 531 g/mol. The number of para-hydroxylation sites is 2. The molecule has 2 heterocycles. The molecule has 0 saturated carbocycles. The number of alkyl halides is 3. The molecule has 1 atom stereocenters. The van der Waals surface area contributed by atoms with Crippen molar-refractivity contribution in [3.8, 4) is 5.75 Å². The first-order valence-corrected chi connectivity index (χ1v) is 13.1. The van der Waals surface area contributed by atoms with Crippen LogP contribution in [-0.4, -0.2) is 43.0 Å². The van der Waals surface area contributed by atoms with Crippen molar-refractivity contribution in [2.24, 2.45) is 0 Å². The van der Waals surface area contributed by atoms with Crippen LogP contribution in [0.4, 0.5) is 30.2 Å². The molecule has 208 valence electrons. The molecule has 1 unspecified atom stereocenters. The minimum Gasteiger partial charge on any atom is -0.497 e. The molecule has 2 aliphatic rings. The van der Waals surface area contributed by atoms with Gasteiger partial charge in [0.05, 0.1) is 47.8 Å². The van der Waals surface area contributed by atoms with E-state index in [1.54, 1.807) is 31.4 Å². The topological polar surface area (TPSA) is 53.1 Å². The standard InChI is InChI=1S/C32H26F3N3O3/c1-41-25-16-10-21(11-17-25)18-36-24(20-38-30(39)26-6-2-3-7-27(26)31(38)40)19-37(29-9-5-4-8-28(29)36)23-14-12-22(13-15-23)32(33,34)35/h2-17,24H,18-20H2,1H3. The third kappa shape index (κ3) is 4.88. The zero-order valence-electron chi connectivity index (χ0n) is 22.1. The van der Waals surface area contributed by atoms with Gasteiger partial charge in [-0.1, -0.05) is 36.4 Å². The van der Waals surface area contributed by atoms with Crippen molar-refractivity contribution in [2.45, 2.75) is 18.8 Å². The number of fused-ring (bicyclic) bond motifs is 2. The first-order chi connectivity index (χ1) is 19.7. The van der Waals surface area contributed by atoms with Crippen molar-refractivity contribution in [1.29, 1.82) is 0 Å². The average molecular weight is 558 g/mol. The van der Waals surface area contributed by atoms with Crippen molar-refractivity contribution < 1.29 is 27.5 Å². The molecule has 2 amide bonds. The first kappa shape index (κ1) is 26.4. The van der Waals surface area contributed by atoms with Gasteiger partial charge in [-0.3, -0.25) is 14.5 Å². The SMILES string of the molecule is COc1ccc(CN2c3ccccc3N(c3ccc(C(F)(F)F)cc3)CC2CN2C(=O)c3ccccc3C2=O)cc1. The van der Waals surface area contributed by atoms with Gasteiger partial charge in [0.15, 0.2) is 0 Å².